The van der Waals surface area contributed by atoms with Crippen LogP contribution < -0.4 is 4.74 Å². The van der Waals surface area contributed by atoms with Gasteiger partial charge < -0.3 is 9.84 Å². The molecule has 22 heavy (non-hydrogen) atoms. The minimum Gasteiger partial charge on any atom is -0.490 e. The highest BCUT2D eigenvalue weighted by Gasteiger charge is 2.37. The molecular weight excluding hydrogens is 285 g/mol. The van der Waals surface area contributed by atoms with Crippen LogP contribution in [0.5, 0.6) is 5.75 Å². The number of benzene rings is 1. The maximum Gasteiger partial charge on any atom is 0.126 e. The zero-order valence-corrected chi connectivity index (χ0v) is 12.6. The number of H-pyrrole nitrogens is 1. The Morgan fingerprint density at radius 1 is 1.50 bits per heavy atom. The van der Waals surface area contributed by atoms with Crippen LogP contribution in [0.1, 0.15) is 17.7 Å². The van der Waals surface area contributed by atoms with Gasteiger partial charge in [0.1, 0.15) is 23.8 Å². The van der Waals surface area contributed by atoms with Crippen molar-refractivity contribution >= 4 is 0 Å². The maximum atomic E-state index is 13.1. The van der Waals surface area contributed by atoms with Gasteiger partial charge in [0.25, 0.3) is 0 Å². The van der Waals surface area contributed by atoms with Crippen LogP contribution in [0.3, 0.4) is 0 Å². The van der Waals surface area contributed by atoms with Gasteiger partial charge in [0, 0.05) is 37.0 Å². The highest BCUT2D eigenvalue weighted by molar-refractivity contribution is 5.22. The topological polar surface area (TPSA) is 61.4 Å². The summed E-state index contributed by atoms with van der Waals surface area (Å²) in [6, 6.07) is 5.97. The van der Waals surface area contributed by atoms with E-state index >= 15 is 0 Å². The highest BCUT2D eigenvalue weighted by Crippen LogP contribution is 2.25. The van der Waals surface area contributed by atoms with E-state index in [4.69, 9.17) is 4.74 Å². The Hall–Kier alpha value is -1.92. The number of aliphatic hydroxyl groups is 1. The summed E-state index contributed by atoms with van der Waals surface area (Å²) in [6.45, 7) is 4.24. The number of halogens is 1. The molecule has 2 heterocycles. The predicted octanol–water partition coefficient (Wildman–Crippen LogP) is 1.87. The molecule has 1 unspecified atom stereocenters. The van der Waals surface area contributed by atoms with E-state index in [2.05, 4.69) is 15.1 Å². The number of aromatic nitrogens is 2. The van der Waals surface area contributed by atoms with Gasteiger partial charge in [-0.25, -0.2) is 4.39 Å². The van der Waals surface area contributed by atoms with E-state index in [0.717, 1.165) is 24.3 Å². The van der Waals surface area contributed by atoms with Crippen molar-refractivity contribution in [2.45, 2.75) is 25.5 Å². The lowest BCUT2D eigenvalue weighted by atomic mass is 10.1. The molecule has 0 radical (unpaired) electrons. The Bertz CT molecular complexity index is 646. The number of aromatic amines is 1. The molecule has 118 valence electrons. The molecule has 1 aliphatic heterocycles. The van der Waals surface area contributed by atoms with Crippen molar-refractivity contribution < 1.29 is 14.2 Å². The van der Waals surface area contributed by atoms with Crippen molar-refractivity contribution in [3.8, 4) is 5.75 Å². The number of hydrogen-bond donors (Lipinski definition) is 2. The lowest BCUT2D eigenvalue weighted by Crippen LogP contribution is -2.39. The molecule has 1 aromatic heterocycles. The molecule has 1 aliphatic rings. The number of likely N-dealkylation sites (tertiary alicyclic amines) is 1. The van der Waals surface area contributed by atoms with Gasteiger partial charge in [-0.3, -0.25) is 10.00 Å². The molecule has 0 spiro atoms. The molecule has 3 rings (SSSR count). The fraction of sp³-hybridized carbons (Fsp3) is 0.438. The van der Waals surface area contributed by atoms with Crippen molar-refractivity contribution in [3.05, 3.63) is 47.5 Å². The van der Waals surface area contributed by atoms with Gasteiger partial charge in [0.05, 0.1) is 6.20 Å². The molecule has 2 aromatic rings. The fourth-order valence-corrected chi connectivity index (χ4v) is 2.74. The smallest absolute Gasteiger partial charge is 0.126 e. The molecule has 0 amide bonds. The average Bonchev–Trinajstić information content (AvgIpc) is 3.05. The van der Waals surface area contributed by atoms with Crippen LogP contribution in [0.15, 0.2) is 30.5 Å². The molecule has 1 saturated heterocycles. The molecule has 6 heteroatoms. The zero-order chi connectivity index (χ0) is 15.6. The summed E-state index contributed by atoms with van der Waals surface area (Å²) in [4.78, 5) is 2.17. The van der Waals surface area contributed by atoms with Gasteiger partial charge in [-0.05, 0) is 25.5 Å². The maximum absolute atomic E-state index is 13.1. The van der Waals surface area contributed by atoms with Crippen LogP contribution in [0.2, 0.25) is 0 Å². The van der Waals surface area contributed by atoms with Crippen molar-refractivity contribution in [1.29, 1.82) is 0 Å². The Morgan fingerprint density at radius 2 is 2.36 bits per heavy atom. The Morgan fingerprint density at radius 3 is 3.09 bits per heavy atom. The quantitative estimate of drug-likeness (QED) is 0.885. The minimum absolute atomic E-state index is 0.164. The van der Waals surface area contributed by atoms with Gasteiger partial charge in [-0.15, -0.1) is 0 Å². The summed E-state index contributed by atoms with van der Waals surface area (Å²) in [5.41, 5.74) is 1.28. The number of rotatable bonds is 5. The highest BCUT2D eigenvalue weighted by atomic mass is 19.1. The average molecular weight is 305 g/mol. The number of aryl methyl sites for hydroxylation is 1. The third kappa shape index (κ3) is 3.45. The lowest BCUT2D eigenvalue weighted by molar-refractivity contribution is 0.00328. The normalized spacial score (nSPS) is 22.1. The van der Waals surface area contributed by atoms with Crippen LogP contribution in [-0.4, -0.2) is 45.5 Å². The van der Waals surface area contributed by atoms with Crippen LogP contribution >= 0.6 is 0 Å². The monoisotopic (exact) mass is 305 g/mol. The fourth-order valence-electron chi connectivity index (χ4n) is 2.74. The zero-order valence-electron chi connectivity index (χ0n) is 12.6. The van der Waals surface area contributed by atoms with Crippen LogP contribution in [0.4, 0.5) is 4.39 Å². The van der Waals surface area contributed by atoms with E-state index in [1.54, 1.807) is 12.1 Å². The van der Waals surface area contributed by atoms with Crippen LogP contribution in [-0.2, 0) is 6.54 Å². The Balaban J connectivity index is 1.55. The molecule has 2 N–H and O–H groups in total. The molecule has 0 bridgehead atoms. The molecule has 0 aliphatic carbocycles. The SMILES string of the molecule is Cc1[nH]ncc1CN1CCC(O)(COc2cccc(F)c2)C1. The summed E-state index contributed by atoms with van der Waals surface area (Å²) >= 11 is 0. The third-order valence-electron chi connectivity index (χ3n) is 4.04. The van der Waals surface area contributed by atoms with E-state index in [9.17, 15) is 9.50 Å². The molecule has 1 fully saturated rings. The van der Waals surface area contributed by atoms with Gasteiger partial charge in [0.2, 0.25) is 0 Å². The minimum atomic E-state index is -0.899. The van der Waals surface area contributed by atoms with Crippen LogP contribution in [0.25, 0.3) is 0 Å². The summed E-state index contributed by atoms with van der Waals surface area (Å²) in [5.74, 6) is 0.102. The van der Waals surface area contributed by atoms with Crippen molar-refractivity contribution in [2.24, 2.45) is 0 Å². The number of hydrogen-bond acceptors (Lipinski definition) is 4. The second kappa shape index (κ2) is 6.06. The lowest BCUT2D eigenvalue weighted by Gasteiger charge is -2.23. The molecular formula is C16H20FN3O2. The van der Waals surface area contributed by atoms with Crippen molar-refractivity contribution in [1.82, 2.24) is 15.1 Å². The Kier molecular flexibility index (Phi) is 4.13. The number of nitrogens with one attached hydrogen (secondary N) is 1. The first kappa shape index (κ1) is 15.0. The molecule has 5 nitrogen and oxygen atoms in total. The van der Waals surface area contributed by atoms with Gasteiger partial charge in [-0.1, -0.05) is 6.07 Å². The number of nitrogens with zero attached hydrogens (tertiary/aromatic N) is 2. The largest absolute Gasteiger partial charge is 0.490 e. The van der Waals surface area contributed by atoms with E-state index in [1.807, 2.05) is 13.1 Å². The predicted molar refractivity (Wildman–Crippen MR) is 80.1 cm³/mol. The first-order valence-electron chi connectivity index (χ1n) is 7.36. The standard InChI is InChI=1S/C16H20FN3O2/c1-12-13(8-18-19-12)9-20-6-5-16(21,10-20)11-22-15-4-2-3-14(17)7-15/h2-4,7-8,21H,5-6,9-11H2,1H3,(H,18,19). The summed E-state index contributed by atoms with van der Waals surface area (Å²) < 4.78 is 18.7. The van der Waals surface area contributed by atoms with Crippen molar-refractivity contribution in [2.75, 3.05) is 19.7 Å². The first-order valence-corrected chi connectivity index (χ1v) is 7.36. The van der Waals surface area contributed by atoms with Gasteiger partial charge in [-0.2, -0.15) is 5.10 Å². The summed E-state index contributed by atoms with van der Waals surface area (Å²) in [7, 11) is 0. The van der Waals surface area contributed by atoms with E-state index < -0.39 is 5.60 Å². The van der Waals surface area contributed by atoms with Gasteiger partial charge >= 0.3 is 0 Å². The van der Waals surface area contributed by atoms with E-state index in [0.29, 0.717) is 18.7 Å². The van der Waals surface area contributed by atoms with E-state index in [1.165, 1.54) is 12.1 Å². The first-order chi connectivity index (χ1) is 10.5. The molecule has 1 aromatic carbocycles. The number of β-amino-alcohol motifs (C(OH)–C–C–N with tert-alkyl or cyclic N) is 1. The van der Waals surface area contributed by atoms with Crippen LogP contribution in [0, 0.1) is 12.7 Å². The second-order valence-electron chi connectivity index (χ2n) is 5.95. The molecule has 0 saturated carbocycles. The van der Waals surface area contributed by atoms with E-state index in [-0.39, 0.29) is 12.4 Å². The van der Waals surface area contributed by atoms with Crippen molar-refractivity contribution in [3.63, 3.8) is 0 Å². The third-order valence-corrected chi connectivity index (χ3v) is 4.04. The number of ether oxygens (including phenoxy) is 1. The summed E-state index contributed by atoms with van der Waals surface area (Å²) in [6.07, 6.45) is 2.45. The Labute approximate surface area is 128 Å². The second-order valence-corrected chi connectivity index (χ2v) is 5.95. The summed E-state index contributed by atoms with van der Waals surface area (Å²) in [5, 5.41) is 17.5. The van der Waals surface area contributed by atoms with Gasteiger partial charge in [0.15, 0.2) is 0 Å². The molecule has 1 atom stereocenters.